The third-order valence-electron chi connectivity index (χ3n) is 3.51. The number of aromatic nitrogens is 3. The highest BCUT2D eigenvalue weighted by Gasteiger charge is 2.29. The number of aryl methyl sites for hydroxylation is 1. The topological polar surface area (TPSA) is 100 Å². The van der Waals surface area contributed by atoms with E-state index in [1.807, 2.05) is 0 Å². The van der Waals surface area contributed by atoms with E-state index in [9.17, 15) is 14.4 Å². The maximum atomic E-state index is 12.4. The van der Waals surface area contributed by atoms with Crippen LogP contribution < -0.4 is 5.56 Å². The molecular formula is C18H19N3O5. The molecule has 0 N–H and O–H groups in total. The molecule has 0 bridgehead atoms. The second kappa shape index (κ2) is 9.26. The summed E-state index contributed by atoms with van der Waals surface area (Å²) >= 11 is 0. The van der Waals surface area contributed by atoms with E-state index in [1.165, 1.54) is 12.2 Å². The number of carbonyl (C=O) groups is 2. The first-order valence-electron chi connectivity index (χ1n) is 7.96. The second-order valence-electron chi connectivity index (χ2n) is 5.31. The van der Waals surface area contributed by atoms with Gasteiger partial charge in [-0.1, -0.05) is 42.7 Å². The summed E-state index contributed by atoms with van der Waals surface area (Å²) in [4.78, 5) is 36.6. The molecule has 0 aliphatic heterocycles. The number of nitrogens with zero attached hydrogens (tertiary/aromatic N) is 3. The lowest BCUT2D eigenvalue weighted by Gasteiger charge is -2.14. The Morgan fingerprint density at radius 1 is 1.12 bits per heavy atom. The summed E-state index contributed by atoms with van der Waals surface area (Å²) in [6.07, 6.45) is 2.77. The minimum atomic E-state index is -1.19. The molecule has 1 aromatic carbocycles. The SMILES string of the molecule is C=CCOC(=O)C(CCn1nnc2ccccc2c1=O)C(=O)OCC=C. The van der Waals surface area contributed by atoms with Gasteiger partial charge in [-0.2, -0.15) is 0 Å². The smallest absolute Gasteiger partial charge is 0.320 e. The van der Waals surface area contributed by atoms with E-state index in [0.29, 0.717) is 10.9 Å². The van der Waals surface area contributed by atoms with Crippen molar-refractivity contribution in [2.45, 2.75) is 13.0 Å². The predicted octanol–water partition coefficient (Wildman–Crippen LogP) is 1.26. The van der Waals surface area contributed by atoms with E-state index in [4.69, 9.17) is 9.47 Å². The Kier molecular flexibility index (Phi) is 6.78. The monoisotopic (exact) mass is 357 g/mol. The standard InChI is InChI=1S/C18H19N3O5/c1-3-11-25-17(23)14(18(24)26-12-4-2)9-10-21-16(22)13-7-5-6-8-15(13)19-20-21/h3-8,14H,1-2,9-12H2. The van der Waals surface area contributed by atoms with Crippen molar-refractivity contribution in [3.8, 4) is 0 Å². The number of carbonyl (C=O) groups excluding carboxylic acids is 2. The molecular weight excluding hydrogens is 338 g/mol. The van der Waals surface area contributed by atoms with Gasteiger partial charge in [0.05, 0.1) is 5.39 Å². The molecule has 0 aliphatic rings. The zero-order chi connectivity index (χ0) is 18.9. The molecule has 1 heterocycles. The van der Waals surface area contributed by atoms with Crippen LogP contribution in [0.25, 0.3) is 10.9 Å². The van der Waals surface area contributed by atoms with E-state index in [2.05, 4.69) is 23.5 Å². The van der Waals surface area contributed by atoms with Crippen molar-refractivity contribution in [3.63, 3.8) is 0 Å². The lowest BCUT2D eigenvalue weighted by atomic mass is 10.1. The van der Waals surface area contributed by atoms with Crippen LogP contribution in [0.1, 0.15) is 6.42 Å². The molecule has 0 amide bonds. The van der Waals surface area contributed by atoms with Gasteiger partial charge in [-0.15, -0.1) is 5.10 Å². The van der Waals surface area contributed by atoms with Crippen molar-refractivity contribution >= 4 is 22.8 Å². The van der Waals surface area contributed by atoms with Crippen LogP contribution in [-0.2, 0) is 25.6 Å². The molecule has 2 aromatic rings. The van der Waals surface area contributed by atoms with Gasteiger partial charge < -0.3 is 9.47 Å². The van der Waals surface area contributed by atoms with Gasteiger partial charge in [0.2, 0.25) is 0 Å². The maximum Gasteiger partial charge on any atom is 0.320 e. The van der Waals surface area contributed by atoms with Crippen LogP contribution in [0.2, 0.25) is 0 Å². The number of benzene rings is 1. The summed E-state index contributed by atoms with van der Waals surface area (Å²) in [5.41, 5.74) is 0.120. The zero-order valence-corrected chi connectivity index (χ0v) is 14.2. The summed E-state index contributed by atoms with van der Waals surface area (Å²) in [7, 11) is 0. The lowest BCUT2D eigenvalue weighted by Crippen LogP contribution is -2.32. The number of rotatable bonds is 9. The van der Waals surface area contributed by atoms with Gasteiger partial charge in [-0.25, -0.2) is 4.68 Å². The third-order valence-corrected chi connectivity index (χ3v) is 3.51. The van der Waals surface area contributed by atoms with Crippen LogP contribution in [-0.4, -0.2) is 40.1 Å². The van der Waals surface area contributed by atoms with Crippen LogP contribution in [0, 0.1) is 5.92 Å². The van der Waals surface area contributed by atoms with Crippen molar-refractivity contribution in [1.82, 2.24) is 15.0 Å². The first-order valence-corrected chi connectivity index (χ1v) is 7.96. The van der Waals surface area contributed by atoms with E-state index in [1.54, 1.807) is 24.3 Å². The van der Waals surface area contributed by atoms with Gasteiger partial charge in [0.25, 0.3) is 5.56 Å². The van der Waals surface area contributed by atoms with Gasteiger partial charge in [0.15, 0.2) is 5.92 Å². The maximum absolute atomic E-state index is 12.4. The summed E-state index contributed by atoms with van der Waals surface area (Å²) in [5, 5.41) is 8.21. The van der Waals surface area contributed by atoms with E-state index in [0.717, 1.165) is 4.68 Å². The van der Waals surface area contributed by atoms with Crippen molar-refractivity contribution in [3.05, 3.63) is 59.9 Å². The fraction of sp³-hybridized carbons (Fsp3) is 0.278. The Bertz CT molecular complexity index is 851. The highest BCUT2D eigenvalue weighted by molar-refractivity contribution is 5.94. The Labute approximate surface area is 149 Å². The fourth-order valence-electron chi connectivity index (χ4n) is 2.24. The predicted molar refractivity (Wildman–Crippen MR) is 94.2 cm³/mol. The Morgan fingerprint density at radius 3 is 2.35 bits per heavy atom. The van der Waals surface area contributed by atoms with Gasteiger partial charge in [-0.05, 0) is 18.6 Å². The normalized spacial score (nSPS) is 10.5. The summed E-state index contributed by atoms with van der Waals surface area (Å²) in [6, 6.07) is 6.78. The minimum Gasteiger partial charge on any atom is -0.461 e. The first-order chi connectivity index (χ1) is 12.6. The highest BCUT2D eigenvalue weighted by Crippen LogP contribution is 2.11. The van der Waals surface area contributed by atoms with Crippen molar-refractivity contribution in [2.75, 3.05) is 13.2 Å². The van der Waals surface area contributed by atoms with Gasteiger partial charge in [-0.3, -0.25) is 14.4 Å². The number of hydrogen-bond acceptors (Lipinski definition) is 7. The quantitative estimate of drug-likeness (QED) is 0.378. The molecule has 0 spiro atoms. The molecule has 0 aliphatic carbocycles. The van der Waals surface area contributed by atoms with Crippen molar-refractivity contribution < 1.29 is 19.1 Å². The lowest BCUT2D eigenvalue weighted by molar-refractivity contribution is -0.161. The molecule has 0 fully saturated rings. The van der Waals surface area contributed by atoms with Gasteiger partial charge in [0.1, 0.15) is 18.7 Å². The largest absolute Gasteiger partial charge is 0.461 e. The number of ether oxygens (including phenoxy) is 2. The average Bonchev–Trinajstić information content (AvgIpc) is 2.66. The number of hydrogen-bond donors (Lipinski definition) is 0. The van der Waals surface area contributed by atoms with E-state index in [-0.39, 0.29) is 31.7 Å². The molecule has 8 nitrogen and oxygen atoms in total. The van der Waals surface area contributed by atoms with Crippen molar-refractivity contribution in [1.29, 1.82) is 0 Å². The van der Waals surface area contributed by atoms with Crippen LogP contribution in [0.15, 0.2) is 54.4 Å². The fourth-order valence-corrected chi connectivity index (χ4v) is 2.24. The Morgan fingerprint density at radius 2 is 1.73 bits per heavy atom. The Hall–Kier alpha value is -3.29. The van der Waals surface area contributed by atoms with Gasteiger partial charge in [0, 0.05) is 6.54 Å². The summed E-state index contributed by atoms with van der Waals surface area (Å²) in [5.74, 6) is -2.68. The molecule has 0 unspecified atom stereocenters. The molecule has 8 heteroatoms. The van der Waals surface area contributed by atoms with Crippen LogP contribution >= 0.6 is 0 Å². The van der Waals surface area contributed by atoms with Crippen LogP contribution in [0.3, 0.4) is 0 Å². The first kappa shape index (κ1) is 19.0. The summed E-state index contributed by atoms with van der Waals surface area (Å²) < 4.78 is 11.0. The van der Waals surface area contributed by atoms with Gasteiger partial charge >= 0.3 is 11.9 Å². The van der Waals surface area contributed by atoms with E-state index >= 15 is 0 Å². The molecule has 0 radical (unpaired) electrons. The zero-order valence-electron chi connectivity index (χ0n) is 14.2. The molecule has 136 valence electrons. The molecule has 1 aromatic heterocycles. The molecule has 26 heavy (non-hydrogen) atoms. The third kappa shape index (κ3) is 4.62. The van der Waals surface area contributed by atoms with Crippen LogP contribution in [0.4, 0.5) is 0 Å². The Balaban J connectivity index is 2.17. The molecule has 0 saturated heterocycles. The molecule has 0 saturated carbocycles. The van der Waals surface area contributed by atoms with Crippen molar-refractivity contribution in [2.24, 2.45) is 5.92 Å². The number of fused-ring (bicyclic) bond motifs is 1. The summed E-state index contributed by atoms with van der Waals surface area (Å²) in [6.45, 7) is 6.85. The second-order valence-corrected chi connectivity index (χ2v) is 5.31. The van der Waals surface area contributed by atoms with E-state index < -0.39 is 17.9 Å². The minimum absolute atomic E-state index is 0.00765. The molecule has 0 atom stereocenters. The highest BCUT2D eigenvalue weighted by atomic mass is 16.6. The van der Waals surface area contributed by atoms with Crippen LogP contribution in [0.5, 0.6) is 0 Å². The molecule has 2 rings (SSSR count). The average molecular weight is 357 g/mol. The number of esters is 2.